The van der Waals surface area contributed by atoms with E-state index in [2.05, 4.69) is 4.98 Å². The second-order valence-electron chi connectivity index (χ2n) is 4.31. The van der Waals surface area contributed by atoms with Crippen molar-refractivity contribution in [2.24, 2.45) is 0 Å². The molecule has 1 aromatic rings. The summed E-state index contributed by atoms with van der Waals surface area (Å²) in [6.45, 7) is 0.605. The molecule has 1 aromatic heterocycles. The Balaban J connectivity index is 2.91. The minimum atomic E-state index is -1.23. The Morgan fingerprint density at radius 2 is 2.10 bits per heavy atom. The van der Waals surface area contributed by atoms with E-state index in [1.54, 1.807) is 11.9 Å². The van der Waals surface area contributed by atoms with Gasteiger partial charge in [-0.15, -0.1) is 0 Å². The van der Waals surface area contributed by atoms with Crippen LogP contribution < -0.4 is 4.90 Å². The summed E-state index contributed by atoms with van der Waals surface area (Å²) in [7, 11) is 1.62. The Morgan fingerprint density at radius 1 is 1.40 bits per heavy atom. The van der Waals surface area contributed by atoms with Crippen molar-refractivity contribution >= 4 is 17.5 Å². The quantitative estimate of drug-likeness (QED) is 0.419. The topological polar surface area (TPSA) is 117 Å². The van der Waals surface area contributed by atoms with Gasteiger partial charge in [0.25, 0.3) is 0 Å². The number of carbonyl (C=O) groups is 1. The Labute approximate surface area is 115 Å². The Hall–Kier alpha value is -2.22. The van der Waals surface area contributed by atoms with Crippen LogP contribution in [0.5, 0.6) is 0 Å². The normalized spacial score (nSPS) is 10.3. The lowest BCUT2D eigenvalue weighted by molar-refractivity contribution is -0.384. The van der Waals surface area contributed by atoms with E-state index in [0.29, 0.717) is 13.0 Å². The average molecular weight is 283 g/mol. The van der Waals surface area contributed by atoms with Crippen molar-refractivity contribution < 1.29 is 19.9 Å². The molecule has 8 heteroatoms. The number of hydrogen-bond donors (Lipinski definition) is 2. The largest absolute Gasteiger partial charge is 0.477 e. The molecule has 0 spiro atoms. The summed E-state index contributed by atoms with van der Waals surface area (Å²) >= 11 is 0. The number of carboxylic acids is 1. The van der Waals surface area contributed by atoms with Gasteiger partial charge in [0.1, 0.15) is 0 Å². The number of aromatic nitrogens is 1. The fourth-order valence-corrected chi connectivity index (χ4v) is 1.73. The Kier molecular flexibility index (Phi) is 5.85. The summed E-state index contributed by atoms with van der Waals surface area (Å²) < 4.78 is 0. The Morgan fingerprint density at radius 3 is 2.65 bits per heavy atom. The maximum atomic E-state index is 10.9. The molecule has 0 atom stereocenters. The van der Waals surface area contributed by atoms with Gasteiger partial charge in [-0.2, -0.15) is 0 Å². The van der Waals surface area contributed by atoms with Crippen LogP contribution in [0.3, 0.4) is 0 Å². The van der Waals surface area contributed by atoms with Gasteiger partial charge < -0.3 is 15.1 Å². The highest BCUT2D eigenvalue weighted by atomic mass is 16.6. The van der Waals surface area contributed by atoms with Crippen LogP contribution in [-0.4, -0.2) is 46.3 Å². The first-order chi connectivity index (χ1) is 9.47. The molecule has 8 nitrogen and oxygen atoms in total. The van der Waals surface area contributed by atoms with E-state index in [4.69, 9.17) is 10.2 Å². The van der Waals surface area contributed by atoms with Gasteiger partial charge in [-0.05, 0) is 25.3 Å². The molecule has 110 valence electrons. The van der Waals surface area contributed by atoms with Crippen LogP contribution in [0.2, 0.25) is 0 Å². The van der Waals surface area contributed by atoms with Crippen LogP contribution in [0.1, 0.15) is 29.8 Å². The van der Waals surface area contributed by atoms with Crippen molar-refractivity contribution in [2.75, 3.05) is 25.1 Å². The molecule has 0 aromatic carbocycles. The minimum absolute atomic E-state index is 0.0406. The van der Waals surface area contributed by atoms with E-state index in [9.17, 15) is 14.9 Å². The highest BCUT2D eigenvalue weighted by Crippen LogP contribution is 2.25. The lowest BCUT2D eigenvalue weighted by atomic mass is 10.2. The van der Waals surface area contributed by atoms with Gasteiger partial charge in [-0.25, -0.2) is 9.78 Å². The number of aliphatic hydroxyl groups excluding tert-OH is 1. The van der Waals surface area contributed by atoms with Crippen molar-refractivity contribution in [1.29, 1.82) is 0 Å². The molecule has 0 bridgehead atoms. The molecule has 0 aliphatic carbocycles. The zero-order valence-electron chi connectivity index (χ0n) is 11.2. The number of carboxylic acid groups (broad SMARTS) is 1. The van der Waals surface area contributed by atoms with Crippen LogP contribution in [0, 0.1) is 10.1 Å². The molecule has 0 fully saturated rings. The first-order valence-electron chi connectivity index (χ1n) is 6.18. The van der Waals surface area contributed by atoms with Gasteiger partial charge in [0, 0.05) is 26.3 Å². The number of aliphatic hydroxyl groups is 1. The number of rotatable bonds is 8. The first kappa shape index (κ1) is 15.8. The summed E-state index contributed by atoms with van der Waals surface area (Å²) in [4.78, 5) is 26.6. The minimum Gasteiger partial charge on any atom is -0.477 e. The maximum absolute atomic E-state index is 10.9. The summed E-state index contributed by atoms with van der Waals surface area (Å²) in [5.41, 5.74) is -0.451. The van der Waals surface area contributed by atoms with E-state index in [0.717, 1.165) is 25.0 Å². The van der Waals surface area contributed by atoms with Crippen molar-refractivity contribution in [3.63, 3.8) is 0 Å². The molecule has 0 saturated carbocycles. The molecule has 2 N–H and O–H groups in total. The highest BCUT2D eigenvalue weighted by molar-refractivity contribution is 5.86. The van der Waals surface area contributed by atoms with E-state index in [1.807, 2.05) is 0 Å². The van der Waals surface area contributed by atoms with Gasteiger partial charge in [0.05, 0.1) is 4.92 Å². The predicted molar refractivity (Wildman–Crippen MR) is 72.1 cm³/mol. The number of pyridine rings is 1. The summed E-state index contributed by atoms with van der Waals surface area (Å²) in [5, 5.41) is 28.5. The SMILES string of the molecule is CN(CCCCCO)c1nc(C(=O)O)ccc1[N+](=O)[O-]. The van der Waals surface area contributed by atoms with Gasteiger partial charge in [-0.3, -0.25) is 10.1 Å². The molecule has 0 unspecified atom stereocenters. The molecular formula is C12H17N3O5. The third-order valence-corrected chi connectivity index (χ3v) is 2.78. The van der Waals surface area contributed by atoms with E-state index in [1.165, 1.54) is 0 Å². The zero-order valence-corrected chi connectivity index (χ0v) is 11.2. The molecule has 1 rings (SSSR count). The molecule has 20 heavy (non-hydrogen) atoms. The summed E-state index contributed by atoms with van der Waals surface area (Å²) in [5.74, 6) is -1.19. The van der Waals surface area contributed by atoms with Gasteiger partial charge >= 0.3 is 11.7 Å². The summed E-state index contributed by atoms with van der Waals surface area (Å²) in [6, 6.07) is 2.26. The lowest BCUT2D eigenvalue weighted by Gasteiger charge is -2.18. The van der Waals surface area contributed by atoms with Crippen molar-refractivity contribution in [2.45, 2.75) is 19.3 Å². The number of hydrogen-bond acceptors (Lipinski definition) is 6. The molecular weight excluding hydrogens is 266 g/mol. The standard InChI is InChI=1S/C12H17N3O5/c1-14(7-3-2-4-8-16)11-10(15(19)20)6-5-9(13-11)12(17)18/h5-6,16H,2-4,7-8H2,1H3,(H,17,18). The third-order valence-electron chi connectivity index (χ3n) is 2.78. The third kappa shape index (κ3) is 4.16. The van der Waals surface area contributed by atoms with Gasteiger partial charge in [0.2, 0.25) is 5.82 Å². The predicted octanol–water partition coefficient (Wildman–Crippen LogP) is 1.29. The monoisotopic (exact) mass is 283 g/mol. The van der Waals surface area contributed by atoms with Crippen molar-refractivity contribution in [3.05, 3.63) is 27.9 Å². The van der Waals surface area contributed by atoms with Crippen LogP contribution in [-0.2, 0) is 0 Å². The smallest absolute Gasteiger partial charge is 0.354 e. The maximum Gasteiger partial charge on any atom is 0.354 e. The van der Waals surface area contributed by atoms with E-state index in [-0.39, 0.29) is 23.8 Å². The Bertz CT molecular complexity index is 492. The summed E-state index contributed by atoms with van der Waals surface area (Å²) in [6.07, 6.45) is 2.18. The van der Waals surface area contributed by atoms with E-state index < -0.39 is 10.9 Å². The fourth-order valence-electron chi connectivity index (χ4n) is 1.73. The second-order valence-corrected chi connectivity index (χ2v) is 4.31. The number of aromatic carboxylic acids is 1. The first-order valence-corrected chi connectivity index (χ1v) is 6.18. The molecule has 0 saturated heterocycles. The van der Waals surface area contributed by atoms with Crippen molar-refractivity contribution in [3.8, 4) is 0 Å². The zero-order chi connectivity index (χ0) is 15.1. The van der Waals surface area contributed by atoms with Crippen LogP contribution in [0.25, 0.3) is 0 Å². The number of nitrogens with zero attached hydrogens (tertiary/aromatic N) is 3. The number of nitro groups is 1. The van der Waals surface area contributed by atoms with Crippen LogP contribution in [0.4, 0.5) is 11.5 Å². The fraction of sp³-hybridized carbons (Fsp3) is 0.500. The molecule has 0 amide bonds. The molecule has 1 heterocycles. The van der Waals surface area contributed by atoms with E-state index >= 15 is 0 Å². The second kappa shape index (κ2) is 7.39. The number of unbranched alkanes of at least 4 members (excludes halogenated alkanes) is 2. The average Bonchev–Trinajstić information content (AvgIpc) is 2.42. The van der Waals surface area contributed by atoms with Crippen molar-refractivity contribution in [1.82, 2.24) is 4.98 Å². The van der Waals surface area contributed by atoms with Crippen LogP contribution in [0.15, 0.2) is 12.1 Å². The highest BCUT2D eigenvalue weighted by Gasteiger charge is 2.21. The van der Waals surface area contributed by atoms with Gasteiger partial charge in [0.15, 0.2) is 5.69 Å². The number of anilines is 1. The lowest BCUT2D eigenvalue weighted by Crippen LogP contribution is -2.22. The molecule has 0 aliphatic heterocycles. The van der Waals surface area contributed by atoms with Gasteiger partial charge in [-0.1, -0.05) is 0 Å². The molecule has 0 aliphatic rings. The van der Waals surface area contributed by atoms with Crippen LogP contribution >= 0.6 is 0 Å². The molecule has 0 radical (unpaired) electrons.